The third kappa shape index (κ3) is 4.10. The lowest BCUT2D eigenvalue weighted by Crippen LogP contribution is -2.37. The highest BCUT2D eigenvalue weighted by Gasteiger charge is 2.21. The van der Waals surface area contributed by atoms with Crippen molar-refractivity contribution in [2.24, 2.45) is 0 Å². The fourth-order valence-electron chi connectivity index (χ4n) is 4.14. The van der Waals surface area contributed by atoms with Gasteiger partial charge in [0.15, 0.2) is 0 Å². The molecule has 1 aromatic heterocycles. The summed E-state index contributed by atoms with van der Waals surface area (Å²) >= 11 is 0. The van der Waals surface area contributed by atoms with Crippen LogP contribution in [0.15, 0.2) is 54.6 Å². The van der Waals surface area contributed by atoms with Crippen molar-refractivity contribution >= 4 is 33.6 Å². The Morgan fingerprint density at radius 1 is 0.964 bits per heavy atom. The van der Waals surface area contributed by atoms with Crippen LogP contribution in [0.25, 0.3) is 22.2 Å². The van der Waals surface area contributed by atoms with Gasteiger partial charge in [-0.05, 0) is 49.3 Å². The van der Waals surface area contributed by atoms with Crippen LogP contribution in [0.2, 0.25) is 0 Å². The quantitative estimate of drug-likeness (QED) is 0.421. The number of pyridine rings is 1. The molecule has 0 radical (unpaired) electrons. The molecule has 0 N–H and O–H groups in total. The number of anilines is 1. The maximum Gasteiger partial charge on any atom is 0.0730 e. The summed E-state index contributed by atoms with van der Waals surface area (Å²) in [5.41, 5.74) is 6.22. The topological polar surface area (TPSA) is 16.1 Å². The second kappa shape index (κ2) is 8.24. The van der Waals surface area contributed by atoms with Gasteiger partial charge < -0.3 is 4.90 Å². The summed E-state index contributed by atoms with van der Waals surface area (Å²) < 4.78 is 0. The van der Waals surface area contributed by atoms with E-state index < -0.39 is 0 Å². The third-order valence-electron chi connectivity index (χ3n) is 5.85. The van der Waals surface area contributed by atoms with E-state index >= 15 is 0 Å². The Hall–Kier alpha value is -1.87. The predicted octanol–water partition coefficient (Wildman–Crippen LogP) is 7.16. The first-order valence-corrected chi connectivity index (χ1v) is 10.2. The van der Waals surface area contributed by atoms with E-state index in [9.17, 15) is 0 Å². The van der Waals surface area contributed by atoms with E-state index in [-0.39, 0.29) is 22.4 Å². The number of hydrogen-bond acceptors (Lipinski definition) is 2. The van der Waals surface area contributed by atoms with E-state index in [1.807, 2.05) is 0 Å². The lowest BCUT2D eigenvalue weighted by molar-refractivity contribution is 0.486. The largest absolute Gasteiger partial charge is 0.368 e. The monoisotopic (exact) mass is 438 g/mol. The van der Waals surface area contributed by atoms with E-state index in [1.165, 1.54) is 41.5 Å². The van der Waals surface area contributed by atoms with Gasteiger partial charge in [0.2, 0.25) is 0 Å². The molecule has 2 heterocycles. The van der Waals surface area contributed by atoms with Gasteiger partial charge in [-0.15, -0.1) is 17.0 Å². The molecular weight excluding hydrogens is 408 g/mol. The molecular formula is C25H31BrN2. The summed E-state index contributed by atoms with van der Waals surface area (Å²) in [5.74, 6) is 0. The maximum absolute atomic E-state index is 4.99. The van der Waals surface area contributed by atoms with E-state index in [0.29, 0.717) is 6.04 Å². The smallest absolute Gasteiger partial charge is 0.0730 e. The first-order valence-electron chi connectivity index (χ1n) is 10.2. The minimum Gasteiger partial charge on any atom is -0.368 e. The highest BCUT2D eigenvalue weighted by molar-refractivity contribution is 8.93. The zero-order chi connectivity index (χ0) is 19.0. The van der Waals surface area contributed by atoms with Crippen LogP contribution in [0.1, 0.15) is 52.5 Å². The first-order chi connectivity index (χ1) is 12.9. The van der Waals surface area contributed by atoms with E-state index in [0.717, 1.165) is 17.8 Å². The molecule has 0 bridgehead atoms. The molecule has 2 nitrogen and oxygen atoms in total. The Morgan fingerprint density at radius 3 is 2.36 bits per heavy atom. The Bertz CT molecular complexity index is 941. The average molecular weight is 439 g/mol. The summed E-state index contributed by atoms with van der Waals surface area (Å²) in [7, 11) is 0. The zero-order valence-electron chi connectivity index (χ0n) is 17.4. The van der Waals surface area contributed by atoms with Crippen LogP contribution in [-0.2, 0) is 5.41 Å². The number of aromatic nitrogens is 1. The van der Waals surface area contributed by atoms with E-state index in [4.69, 9.17) is 4.98 Å². The van der Waals surface area contributed by atoms with Crippen LogP contribution in [0.3, 0.4) is 0 Å². The van der Waals surface area contributed by atoms with Crippen molar-refractivity contribution in [3.05, 3.63) is 60.2 Å². The molecule has 2 aromatic carbocycles. The van der Waals surface area contributed by atoms with Crippen molar-refractivity contribution < 1.29 is 0 Å². The second-order valence-electron chi connectivity index (χ2n) is 8.91. The molecule has 148 valence electrons. The number of para-hydroxylation sites is 1. The number of fused-ring (bicyclic) bond motifs is 1. The van der Waals surface area contributed by atoms with Gasteiger partial charge in [-0.3, -0.25) is 0 Å². The van der Waals surface area contributed by atoms with Crippen LogP contribution in [-0.4, -0.2) is 17.6 Å². The molecule has 1 unspecified atom stereocenters. The molecule has 3 heteroatoms. The Labute approximate surface area is 179 Å². The summed E-state index contributed by atoms with van der Waals surface area (Å²) in [5, 5.41) is 1.27. The molecule has 1 saturated heterocycles. The van der Waals surface area contributed by atoms with Gasteiger partial charge in [-0.25, -0.2) is 4.98 Å². The van der Waals surface area contributed by atoms with Gasteiger partial charge in [0.1, 0.15) is 0 Å². The van der Waals surface area contributed by atoms with Crippen LogP contribution >= 0.6 is 17.0 Å². The number of rotatable bonds is 2. The van der Waals surface area contributed by atoms with Gasteiger partial charge in [0, 0.05) is 29.2 Å². The third-order valence-corrected chi connectivity index (χ3v) is 5.85. The molecule has 0 saturated carbocycles. The van der Waals surface area contributed by atoms with Gasteiger partial charge in [0.25, 0.3) is 0 Å². The van der Waals surface area contributed by atoms with Crippen LogP contribution in [0.4, 0.5) is 5.69 Å². The minimum absolute atomic E-state index is 0. The maximum atomic E-state index is 4.99. The Morgan fingerprint density at radius 2 is 1.68 bits per heavy atom. The Balaban J connectivity index is 0.00000225. The van der Waals surface area contributed by atoms with Gasteiger partial charge in [-0.1, -0.05) is 63.2 Å². The number of nitrogens with zero attached hydrogens (tertiary/aromatic N) is 2. The van der Waals surface area contributed by atoms with Gasteiger partial charge >= 0.3 is 0 Å². The van der Waals surface area contributed by atoms with E-state index in [1.54, 1.807) is 0 Å². The minimum atomic E-state index is 0. The average Bonchev–Trinajstić information content (AvgIpc) is 2.67. The van der Waals surface area contributed by atoms with Crippen molar-refractivity contribution in [1.29, 1.82) is 0 Å². The van der Waals surface area contributed by atoms with Crippen LogP contribution < -0.4 is 4.90 Å². The van der Waals surface area contributed by atoms with Crippen molar-refractivity contribution in [2.45, 2.75) is 58.4 Å². The number of benzene rings is 2. The first kappa shape index (κ1) is 20.9. The molecule has 0 amide bonds. The summed E-state index contributed by atoms with van der Waals surface area (Å²) in [4.78, 5) is 7.58. The van der Waals surface area contributed by atoms with Gasteiger partial charge in [-0.2, -0.15) is 0 Å². The van der Waals surface area contributed by atoms with Gasteiger partial charge in [0.05, 0.1) is 11.2 Å². The van der Waals surface area contributed by atoms with Crippen molar-refractivity contribution in [2.75, 3.05) is 11.4 Å². The number of halogens is 1. The molecule has 0 aliphatic carbocycles. The SMILES string of the molecule is Br.CC1CCCCN1c1cc(-c2ccc(C(C)(C)C)cc2)nc2ccccc12. The number of piperidine rings is 1. The van der Waals surface area contributed by atoms with E-state index in [2.05, 4.69) is 87.2 Å². The predicted molar refractivity (Wildman–Crippen MR) is 127 cm³/mol. The lowest BCUT2D eigenvalue weighted by atomic mass is 9.86. The van der Waals surface area contributed by atoms with Crippen LogP contribution in [0, 0.1) is 0 Å². The molecule has 1 atom stereocenters. The number of hydrogen-bond donors (Lipinski definition) is 0. The summed E-state index contributed by atoms with van der Waals surface area (Å²) in [6.45, 7) is 10.3. The molecule has 1 aliphatic rings. The summed E-state index contributed by atoms with van der Waals surface area (Å²) in [6.07, 6.45) is 3.88. The molecule has 0 spiro atoms. The highest BCUT2D eigenvalue weighted by atomic mass is 79.9. The summed E-state index contributed by atoms with van der Waals surface area (Å²) in [6, 6.07) is 20.4. The van der Waals surface area contributed by atoms with Crippen molar-refractivity contribution in [3.63, 3.8) is 0 Å². The Kier molecular flexibility index (Phi) is 6.14. The standard InChI is InChI=1S/C25H30N2.BrH/c1-18-9-7-8-16-27(18)24-17-23(26-22-11-6-5-10-21(22)24)19-12-14-20(15-13-19)25(2,3)4;/h5-6,10-15,17-18H,7-9,16H2,1-4H3;1H. The molecule has 4 rings (SSSR count). The van der Waals surface area contributed by atoms with Crippen molar-refractivity contribution in [1.82, 2.24) is 4.98 Å². The fraction of sp³-hybridized carbons (Fsp3) is 0.400. The fourth-order valence-corrected chi connectivity index (χ4v) is 4.14. The molecule has 3 aromatic rings. The second-order valence-corrected chi connectivity index (χ2v) is 8.91. The lowest BCUT2D eigenvalue weighted by Gasteiger charge is -2.36. The molecule has 28 heavy (non-hydrogen) atoms. The molecule has 1 fully saturated rings. The highest BCUT2D eigenvalue weighted by Crippen LogP contribution is 2.35. The normalized spacial score (nSPS) is 17.4. The van der Waals surface area contributed by atoms with Crippen molar-refractivity contribution in [3.8, 4) is 11.3 Å². The van der Waals surface area contributed by atoms with Crippen LogP contribution in [0.5, 0.6) is 0 Å². The molecule has 1 aliphatic heterocycles. The zero-order valence-corrected chi connectivity index (χ0v) is 19.1.